The summed E-state index contributed by atoms with van der Waals surface area (Å²) in [4.78, 5) is 13.0. The minimum atomic E-state index is -0.662. The maximum atomic E-state index is 11.0. The summed E-state index contributed by atoms with van der Waals surface area (Å²) in [5, 5.41) is 9.07. The number of carboxylic acid groups (broad SMARTS) is 1. The third kappa shape index (κ3) is 1.96. The molecule has 1 aliphatic rings. The summed E-state index contributed by atoms with van der Waals surface area (Å²) in [6, 6.07) is 9.88. The SMILES string of the molecule is CN(CC1(C(=O)O)CC1)c1ccccc1. The zero-order valence-electron chi connectivity index (χ0n) is 8.81. The summed E-state index contributed by atoms with van der Waals surface area (Å²) in [5.74, 6) is -0.662. The minimum Gasteiger partial charge on any atom is -0.481 e. The first-order valence-corrected chi connectivity index (χ1v) is 5.14. The highest BCUT2D eigenvalue weighted by atomic mass is 16.4. The van der Waals surface area contributed by atoms with Gasteiger partial charge in [-0.1, -0.05) is 18.2 Å². The van der Waals surface area contributed by atoms with Gasteiger partial charge in [0, 0.05) is 19.3 Å². The third-order valence-electron chi connectivity index (χ3n) is 3.04. The first-order valence-electron chi connectivity index (χ1n) is 5.14. The van der Waals surface area contributed by atoms with Crippen LogP contribution in [0.5, 0.6) is 0 Å². The van der Waals surface area contributed by atoms with Crippen LogP contribution in [0.1, 0.15) is 12.8 Å². The Bertz CT molecular complexity index is 357. The Morgan fingerprint density at radius 2 is 2.00 bits per heavy atom. The Morgan fingerprint density at radius 3 is 2.47 bits per heavy atom. The van der Waals surface area contributed by atoms with E-state index in [-0.39, 0.29) is 0 Å². The Labute approximate surface area is 89.3 Å². The fourth-order valence-electron chi connectivity index (χ4n) is 1.82. The van der Waals surface area contributed by atoms with Crippen molar-refractivity contribution in [1.29, 1.82) is 0 Å². The second kappa shape index (κ2) is 3.57. The molecule has 0 aliphatic heterocycles. The molecule has 1 fully saturated rings. The van der Waals surface area contributed by atoms with Gasteiger partial charge in [0.1, 0.15) is 0 Å². The normalized spacial score (nSPS) is 17.1. The fourth-order valence-corrected chi connectivity index (χ4v) is 1.82. The number of hydrogen-bond donors (Lipinski definition) is 1. The van der Waals surface area contributed by atoms with Gasteiger partial charge in [-0.15, -0.1) is 0 Å². The molecular weight excluding hydrogens is 190 g/mol. The molecule has 1 aliphatic carbocycles. The molecule has 0 heterocycles. The molecule has 15 heavy (non-hydrogen) atoms. The van der Waals surface area contributed by atoms with Crippen molar-refractivity contribution in [3.8, 4) is 0 Å². The van der Waals surface area contributed by atoms with E-state index in [4.69, 9.17) is 5.11 Å². The van der Waals surface area contributed by atoms with Crippen LogP contribution < -0.4 is 4.90 Å². The summed E-state index contributed by atoms with van der Waals surface area (Å²) in [6.07, 6.45) is 1.61. The molecule has 1 N–H and O–H groups in total. The molecule has 1 aromatic rings. The van der Waals surface area contributed by atoms with Gasteiger partial charge < -0.3 is 10.0 Å². The smallest absolute Gasteiger partial charge is 0.311 e. The number of benzene rings is 1. The van der Waals surface area contributed by atoms with Crippen molar-refractivity contribution in [1.82, 2.24) is 0 Å². The molecule has 1 saturated carbocycles. The number of rotatable bonds is 4. The topological polar surface area (TPSA) is 40.5 Å². The summed E-state index contributed by atoms with van der Waals surface area (Å²) in [7, 11) is 1.94. The van der Waals surface area contributed by atoms with Gasteiger partial charge in [-0.2, -0.15) is 0 Å². The van der Waals surface area contributed by atoms with E-state index in [2.05, 4.69) is 0 Å². The Hall–Kier alpha value is -1.51. The summed E-state index contributed by atoms with van der Waals surface area (Å²) < 4.78 is 0. The lowest BCUT2D eigenvalue weighted by Gasteiger charge is -2.23. The lowest BCUT2D eigenvalue weighted by atomic mass is 10.1. The second-order valence-electron chi connectivity index (χ2n) is 4.28. The largest absolute Gasteiger partial charge is 0.481 e. The summed E-state index contributed by atoms with van der Waals surface area (Å²) in [5.41, 5.74) is 0.593. The first-order chi connectivity index (χ1) is 7.14. The minimum absolute atomic E-state index is 0.482. The zero-order valence-corrected chi connectivity index (χ0v) is 8.81. The zero-order chi connectivity index (χ0) is 10.9. The average molecular weight is 205 g/mol. The molecule has 2 rings (SSSR count). The van der Waals surface area contributed by atoms with Crippen LogP contribution in [0.4, 0.5) is 5.69 Å². The van der Waals surface area contributed by atoms with Crippen LogP contribution in [0.2, 0.25) is 0 Å². The predicted molar refractivity (Wildman–Crippen MR) is 59.0 cm³/mol. The van der Waals surface area contributed by atoms with Gasteiger partial charge in [0.05, 0.1) is 5.41 Å². The van der Waals surface area contributed by atoms with Gasteiger partial charge in [-0.25, -0.2) is 0 Å². The lowest BCUT2D eigenvalue weighted by Crippen LogP contribution is -2.31. The van der Waals surface area contributed by atoms with Crippen LogP contribution in [0.3, 0.4) is 0 Å². The van der Waals surface area contributed by atoms with Crippen molar-refractivity contribution in [3.05, 3.63) is 30.3 Å². The van der Waals surface area contributed by atoms with Crippen molar-refractivity contribution in [2.24, 2.45) is 5.41 Å². The molecule has 0 unspecified atom stereocenters. The summed E-state index contributed by atoms with van der Waals surface area (Å²) in [6.45, 7) is 0.604. The molecule has 1 aromatic carbocycles. The fraction of sp³-hybridized carbons (Fsp3) is 0.417. The Balaban J connectivity index is 2.05. The van der Waals surface area contributed by atoms with Gasteiger partial charge in [0.15, 0.2) is 0 Å². The van der Waals surface area contributed by atoms with Crippen molar-refractivity contribution < 1.29 is 9.90 Å². The number of carboxylic acids is 1. The molecule has 0 amide bonds. The molecule has 0 bridgehead atoms. The standard InChI is InChI=1S/C12H15NO2/c1-13(10-5-3-2-4-6-10)9-12(7-8-12)11(14)15/h2-6H,7-9H2,1H3,(H,14,15). The van der Waals surface area contributed by atoms with E-state index < -0.39 is 11.4 Å². The van der Waals surface area contributed by atoms with Crippen molar-refractivity contribution >= 4 is 11.7 Å². The van der Waals surface area contributed by atoms with Gasteiger partial charge in [-0.3, -0.25) is 4.79 Å². The van der Waals surface area contributed by atoms with E-state index in [1.807, 2.05) is 42.3 Å². The molecule has 0 radical (unpaired) electrons. The number of anilines is 1. The van der Waals surface area contributed by atoms with Gasteiger partial charge in [0.2, 0.25) is 0 Å². The maximum absolute atomic E-state index is 11.0. The Kier molecular flexibility index (Phi) is 2.39. The van der Waals surface area contributed by atoms with Crippen LogP contribution in [0.15, 0.2) is 30.3 Å². The van der Waals surface area contributed by atoms with Gasteiger partial charge in [0.25, 0.3) is 0 Å². The first kappa shape index (κ1) is 10.0. The molecular formula is C12H15NO2. The molecule has 3 heteroatoms. The van der Waals surface area contributed by atoms with E-state index in [1.165, 1.54) is 0 Å². The number of hydrogen-bond acceptors (Lipinski definition) is 2. The molecule has 0 saturated heterocycles. The summed E-state index contributed by atoms with van der Waals surface area (Å²) >= 11 is 0. The van der Waals surface area contributed by atoms with Gasteiger partial charge >= 0.3 is 5.97 Å². The van der Waals surface area contributed by atoms with E-state index in [9.17, 15) is 4.79 Å². The van der Waals surface area contributed by atoms with Crippen LogP contribution in [0, 0.1) is 5.41 Å². The highest BCUT2D eigenvalue weighted by Crippen LogP contribution is 2.46. The van der Waals surface area contributed by atoms with E-state index in [1.54, 1.807) is 0 Å². The van der Waals surface area contributed by atoms with Crippen LogP contribution in [0.25, 0.3) is 0 Å². The number of aliphatic carboxylic acids is 1. The number of para-hydroxylation sites is 1. The van der Waals surface area contributed by atoms with Crippen LogP contribution in [-0.2, 0) is 4.79 Å². The quantitative estimate of drug-likeness (QED) is 0.817. The molecule has 3 nitrogen and oxygen atoms in total. The van der Waals surface area contributed by atoms with Crippen molar-refractivity contribution in [2.75, 3.05) is 18.5 Å². The maximum Gasteiger partial charge on any atom is 0.311 e. The molecule has 0 aromatic heterocycles. The van der Waals surface area contributed by atoms with E-state index in [0.29, 0.717) is 6.54 Å². The monoisotopic (exact) mass is 205 g/mol. The van der Waals surface area contributed by atoms with Gasteiger partial charge in [-0.05, 0) is 25.0 Å². The number of nitrogens with zero attached hydrogens (tertiary/aromatic N) is 1. The Morgan fingerprint density at radius 1 is 1.40 bits per heavy atom. The third-order valence-corrected chi connectivity index (χ3v) is 3.04. The van der Waals surface area contributed by atoms with Crippen molar-refractivity contribution in [3.63, 3.8) is 0 Å². The number of carbonyl (C=O) groups is 1. The van der Waals surface area contributed by atoms with E-state index in [0.717, 1.165) is 18.5 Å². The molecule has 80 valence electrons. The highest BCUT2D eigenvalue weighted by molar-refractivity contribution is 5.78. The average Bonchev–Trinajstić information content (AvgIpc) is 3.00. The highest BCUT2D eigenvalue weighted by Gasteiger charge is 2.50. The molecule has 0 atom stereocenters. The van der Waals surface area contributed by atoms with Crippen molar-refractivity contribution in [2.45, 2.75) is 12.8 Å². The second-order valence-corrected chi connectivity index (χ2v) is 4.28. The van der Waals surface area contributed by atoms with Crippen LogP contribution in [-0.4, -0.2) is 24.7 Å². The lowest BCUT2D eigenvalue weighted by molar-refractivity contribution is -0.142. The molecule has 0 spiro atoms. The predicted octanol–water partition coefficient (Wildman–Crippen LogP) is 1.99. The van der Waals surface area contributed by atoms with Crippen LogP contribution >= 0.6 is 0 Å². The van der Waals surface area contributed by atoms with E-state index >= 15 is 0 Å².